The number of rotatable bonds is 1. The lowest BCUT2D eigenvalue weighted by Gasteiger charge is -2.15. The molecule has 0 radical (unpaired) electrons. The van der Waals surface area contributed by atoms with Crippen molar-refractivity contribution in [2.75, 3.05) is 13.6 Å². The van der Waals surface area contributed by atoms with Crippen molar-refractivity contribution in [3.05, 3.63) is 17.5 Å². The van der Waals surface area contributed by atoms with Crippen LogP contribution in [0.25, 0.3) is 0 Å². The summed E-state index contributed by atoms with van der Waals surface area (Å²) in [6.07, 6.45) is 1.63. The molecule has 5 heteroatoms. The largest absolute Gasteiger partial charge is 0.355 e. The van der Waals surface area contributed by atoms with Gasteiger partial charge in [0.2, 0.25) is 0 Å². The molecular formula is C8H12N4O. The van der Waals surface area contributed by atoms with Gasteiger partial charge in [-0.3, -0.25) is 9.48 Å². The summed E-state index contributed by atoms with van der Waals surface area (Å²) >= 11 is 0. The molecule has 0 bridgehead atoms. The summed E-state index contributed by atoms with van der Waals surface area (Å²) in [6, 6.07) is 0. The van der Waals surface area contributed by atoms with Gasteiger partial charge < -0.3 is 10.6 Å². The summed E-state index contributed by atoms with van der Waals surface area (Å²) in [5, 5.41) is 9.94. The first-order valence-corrected chi connectivity index (χ1v) is 4.30. The zero-order valence-corrected chi connectivity index (χ0v) is 7.50. The summed E-state index contributed by atoms with van der Waals surface area (Å²) in [7, 11) is 1.63. The van der Waals surface area contributed by atoms with Gasteiger partial charge >= 0.3 is 0 Å². The third-order valence-electron chi connectivity index (χ3n) is 2.21. The number of nitrogens with one attached hydrogen (secondary N) is 2. The molecule has 0 saturated heterocycles. The highest BCUT2D eigenvalue weighted by molar-refractivity contribution is 5.94. The van der Waals surface area contributed by atoms with E-state index in [9.17, 15) is 4.79 Å². The van der Waals surface area contributed by atoms with E-state index in [2.05, 4.69) is 15.7 Å². The molecule has 0 aromatic carbocycles. The van der Waals surface area contributed by atoms with Crippen molar-refractivity contribution in [2.45, 2.75) is 13.1 Å². The Kier molecular flexibility index (Phi) is 2.02. The van der Waals surface area contributed by atoms with E-state index >= 15 is 0 Å². The van der Waals surface area contributed by atoms with Crippen LogP contribution in [0.2, 0.25) is 0 Å². The molecule has 1 aromatic heterocycles. The SMILES string of the molecule is CNC(=O)c1cnn2c1CNCC2. The maximum Gasteiger partial charge on any atom is 0.254 e. The highest BCUT2D eigenvalue weighted by atomic mass is 16.1. The summed E-state index contributed by atoms with van der Waals surface area (Å²) < 4.78 is 1.88. The molecule has 1 aliphatic rings. The summed E-state index contributed by atoms with van der Waals surface area (Å²) in [5.41, 5.74) is 1.65. The average molecular weight is 180 g/mol. The second-order valence-electron chi connectivity index (χ2n) is 2.98. The summed E-state index contributed by atoms with van der Waals surface area (Å²) in [6.45, 7) is 2.48. The van der Waals surface area contributed by atoms with Gasteiger partial charge in [0.1, 0.15) is 0 Å². The number of amides is 1. The van der Waals surface area contributed by atoms with E-state index in [0.29, 0.717) is 5.56 Å². The normalized spacial score (nSPS) is 15.2. The van der Waals surface area contributed by atoms with E-state index < -0.39 is 0 Å². The Morgan fingerprint density at radius 1 is 1.77 bits per heavy atom. The van der Waals surface area contributed by atoms with Crippen LogP contribution in [0.4, 0.5) is 0 Å². The Hall–Kier alpha value is -1.36. The van der Waals surface area contributed by atoms with E-state index in [1.165, 1.54) is 0 Å². The van der Waals surface area contributed by atoms with Gasteiger partial charge in [-0.2, -0.15) is 5.10 Å². The van der Waals surface area contributed by atoms with E-state index in [4.69, 9.17) is 0 Å². The Morgan fingerprint density at radius 3 is 3.38 bits per heavy atom. The monoisotopic (exact) mass is 180 g/mol. The Balaban J connectivity index is 2.36. The van der Waals surface area contributed by atoms with Crippen LogP contribution >= 0.6 is 0 Å². The number of nitrogens with zero attached hydrogens (tertiary/aromatic N) is 2. The molecule has 2 heterocycles. The van der Waals surface area contributed by atoms with Gasteiger partial charge in [0, 0.05) is 20.1 Å². The van der Waals surface area contributed by atoms with E-state index in [0.717, 1.165) is 25.3 Å². The Labute approximate surface area is 76.1 Å². The fraction of sp³-hybridized carbons (Fsp3) is 0.500. The third-order valence-corrected chi connectivity index (χ3v) is 2.21. The highest BCUT2D eigenvalue weighted by Crippen LogP contribution is 2.10. The Bertz CT molecular complexity index is 331. The minimum atomic E-state index is -0.0649. The fourth-order valence-electron chi connectivity index (χ4n) is 1.51. The number of carbonyl (C=O) groups is 1. The van der Waals surface area contributed by atoms with Gasteiger partial charge in [-0.25, -0.2) is 0 Å². The molecule has 13 heavy (non-hydrogen) atoms. The second kappa shape index (κ2) is 3.18. The van der Waals surface area contributed by atoms with E-state index in [1.807, 2.05) is 4.68 Å². The topological polar surface area (TPSA) is 59.0 Å². The lowest BCUT2D eigenvalue weighted by Crippen LogP contribution is -2.30. The molecule has 0 fully saturated rings. The van der Waals surface area contributed by atoms with Crippen molar-refractivity contribution < 1.29 is 4.79 Å². The lowest BCUT2D eigenvalue weighted by atomic mass is 10.2. The molecule has 2 rings (SSSR count). The summed E-state index contributed by atoms with van der Waals surface area (Å²) in [5.74, 6) is -0.0649. The van der Waals surface area contributed by atoms with Gasteiger partial charge in [0.05, 0.1) is 24.0 Å². The Morgan fingerprint density at radius 2 is 2.62 bits per heavy atom. The van der Waals surface area contributed by atoms with Crippen molar-refractivity contribution >= 4 is 5.91 Å². The molecule has 70 valence electrons. The molecular weight excluding hydrogens is 168 g/mol. The van der Waals surface area contributed by atoms with Crippen LogP contribution in [0.15, 0.2) is 6.20 Å². The molecule has 5 nitrogen and oxygen atoms in total. The fourth-order valence-corrected chi connectivity index (χ4v) is 1.51. The molecule has 1 aliphatic heterocycles. The lowest BCUT2D eigenvalue weighted by molar-refractivity contribution is 0.0961. The molecule has 1 amide bonds. The smallest absolute Gasteiger partial charge is 0.254 e. The second-order valence-corrected chi connectivity index (χ2v) is 2.98. The van der Waals surface area contributed by atoms with Crippen molar-refractivity contribution in [1.29, 1.82) is 0 Å². The molecule has 0 unspecified atom stereocenters. The quantitative estimate of drug-likeness (QED) is 0.603. The first-order chi connectivity index (χ1) is 6.33. The molecule has 0 atom stereocenters. The first-order valence-electron chi connectivity index (χ1n) is 4.30. The molecule has 0 saturated carbocycles. The minimum Gasteiger partial charge on any atom is -0.355 e. The van der Waals surface area contributed by atoms with Crippen LogP contribution in [0.5, 0.6) is 0 Å². The van der Waals surface area contributed by atoms with Crippen molar-refractivity contribution in [1.82, 2.24) is 20.4 Å². The predicted molar refractivity (Wildman–Crippen MR) is 47.3 cm³/mol. The average Bonchev–Trinajstić information content (AvgIpc) is 2.60. The van der Waals surface area contributed by atoms with Crippen LogP contribution in [-0.4, -0.2) is 29.3 Å². The number of fused-ring (bicyclic) bond motifs is 1. The van der Waals surface area contributed by atoms with Crippen LogP contribution in [0.1, 0.15) is 16.1 Å². The van der Waals surface area contributed by atoms with E-state index in [-0.39, 0.29) is 5.91 Å². The molecule has 0 aliphatic carbocycles. The van der Waals surface area contributed by atoms with Crippen LogP contribution < -0.4 is 10.6 Å². The van der Waals surface area contributed by atoms with Crippen LogP contribution in [0, 0.1) is 0 Å². The third kappa shape index (κ3) is 1.31. The van der Waals surface area contributed by atoms with Crippen molar-refractivity contribution in [2.24, 2.45) is 0 Å². The van der Waals surface area contributed by atoms with Gasteiger partial charge in [-0.15, -0.1) is 0 Å². The number of aromatic nitrogens is 2. The van der Waals surface area contributed by atoms with Crippen molar-refractivity contribution in [3.8, 4) is 0 Å². The van der Waals surface area contributed by atoms with Gasteiger partial charge in [-0.1, -0.05) is 0 Å². The first kappa shape index (κ1) is 8.25. The zero-order valence-electron chi connectivity index (χ0n) is 7.50. The van der Waals surface area contributed by atoms with Crippen LogP contribution in [-0.2, 0) is 13.1 Å². The molecule has 0 spiro atoms. The maximum absolute atomic E-state index is 11.4. The minimum absolute atomic E-state index is 0.0649. The van der Waals surface area contributed by atoms with Gasteiger partial charge in [0.25, 0.3) is 5.91 Å². The van der Waals surface area contributed by atoms with Gasteiger partial charge in [0.15, 0.2) is 0 Å². The number of hydrogen-bond acceptors (Lipinski definition) is 3. The van der Waals surface area contributed by atoms with E-state index in [1.54, 1.807) is 13.2 Å². The highest BCUT2D eigenvalue weighted by Gasteiger charge is 2.18. The number of hydrogen-bond donors (Lipinski definition) is 2. The van der Waals surface area contributed by atoms with Gasteiger partial charge in [-0.05, 0) is 0 Å². The molecule has 2 N–H and O–H groups in total. The molecule has 1 aromatic rings. The predicted octanol–water partition coefficient (Wildman–Crippen LogP) is -0.654. The van der Waals surface area contributed by atoms with Crippen molar-refractivity contribution in [3.63, 3.8) is 0 Å². The van der Waals surface area contributed by atoms with Crippen LogP contribution in [0.3, 0.4) is 0 Å². The zero-order chi connectivity index (χ0) is 9.26. The number of carbonyl (C=O) groups excluding carboxylic acids is 1. The maximum atomic E-state index is 11.4. The summed E-state index contributed by atoms with van der Waals surface area (Å²) in [4.78, 5) is 11.4. The standard InChI is InChI=1S/C8H12N4O/c1-9-8(13)6-4-11-12-3-2-10-5-7(6)12/h4,10H,2-3,5H2,1H3,(H,9,13).